The summed E-state index contributed by atoms with van der Waals surface area (Å²) in [4.78, 5) is 0. The molecule has 0 radical (unpaired) electrons. The SMILES string of the molecule is C1=CCC2=CC3=C(c4cccc5cccc(c45)C4=C3C3CC=CC=CC3=C4)C2C=C1. The summed E-state index contributed by atoms with van der Waals surface area (Å²) in [5.74, 6) is 0.824. The van der Waals surface area contributed by atoms with Crippen molar-refractivity contribution >= 4 is 21.9 Å². The summed E-state index contributed by atoms with van der Waals surface area (Å²) in [6, 6.07) is 13.7. The standard InChI is InChI=1S/C30H22/c1-3-9-20-17-26-24-15-7-11-19-12-8-16-25(28(19)24)29-22-13-5-2-4-10-21(22)18-27(29)30(26)23(20)14-6-1/h1-9,11-13,15-18,22-23H,10,14H2. The van der Waals surface area contributed by atoms with Crippen LogP contribution >= 0.6 is 0 Å². The van der Waals surface area contributed by atoms with Crippen LogP contribution in [0.3, 0.4) is 0 Å². The van der Waals surface area contributed by atoms with Gasteiger partial charge < -0.3 is 0 Å². The first-order valence-corrected chi connectivity index (χ1v) is 11.0. The van der Waals surface area contributed by atoms with Crippen molar-refractivity contribution in [3.63, 3.8) is 0 Å². The van der Waals surface area contributed by atoms with E-state index in [1.54, 1.807) is 0 Å². The maximum Gasteiger partial charge on any atom is 0.0250 e. The van der Waals surface area contributed by atoms with E-state index in [2.05, 4.69) is 97.2 Å². The van der Waals surface area contributed by atoms with Crippen molar-refractivity contribution in [3.05, 3.63) is 131 Å². The molecule has 2 unspecified atom stereocenters. The van der Waals surface area contributed by atoms with E-state index in [1.165, 1.54) is 55.3 Å². The monoisotopic (exact) mass is 382 g/mol. The third-order valence-electron chi connectivity index (χ3n) is 7.27. The fraction of sp³-hybridized carbons (Fsp3) is 0.133. The Morgan fingerprint density at radius 1 is 0.733 bits per heavy atom. The first kappa shape index (κ1) is 16.4. The molecule has 0 fully saturated rings. The molecule has 5 aliphatic carbocycles. The van der Waals surface area contributed by atoms with Crippen molar-refractivity contribution in [2.45, 2.75) is 12.8 Å². The summed E-state index contributed by atoms with van der Waals surface area (Å²) >= 11 is 0. The van der Waals surface area contributed by atoms with Crippen molar-refractivity contribution in [3.8, 4) is 0 Å². The summed E-state index contributed by atoms with van der Waals surface area (Å²) in [7, 11) is 0. The van der Waals surface area contributed by atoms with Gasteiger partial charge in [-0.15, -0.1) is 0 Å². The molecule has 0 amide bonds. The minimum atomic E-state index is 0.376. The van der Waals surface area contributed by atoms with Gasteiger partial charge in [-0.2, -0.15) is 0 Å². The Balaban J connectivity index is 1.60. The molecule has 0 spiro atoms. The summed E-state index contributed by atoms with van der Waals surface area (Å²) in [5, 5.41) is 2.77. The maximum atomic E-state index is 2.52. The molecule has 0 saturated carbocycles. The summed E-state index contributed by atoms with van der Waals surface area (Å²) in [6.07, 6.45) is 25.3. The quantitative estimate of drug-likeness (QED) is 0.442. The second kappa shape index (κ2) is 6.06. The van der Waals surface area contributed by atoms with Crippen molar-refractivity contribution in [2.75, 3.05) is 0 Å². The first-order chi connectivity index (χ1) is 14.9. The normalized spacial score (nSPS) is 25.3. The third-order valence-corrected chi connectivity index (χ3v) is 7.27. The van der Waals surface area contributed by atoms with Crippen molar-refractivity contribution in [1.29, 1.82) is 0 Å². The van der Waals surface area contributed by atoms with Gasteiger partial charge in [0.15, 0.2) is 0 Å². The van der Waals surface area contributed by atoms with E-state index in [0.29, 0.717) is 11.8 Å². The zero-order chi connectivity index (χ0) is 19.7. The van der Waals surface area contributed by atoms with Crippen LogP contribution in [0.4, 0.5) is 0 Å². The molecule has 0 aliphatic heterocycles. The van der Waals surface area contributed by atoms with Crippen molar-refractivity contribution in [2.24, 2.45) is 11.8 Å². The van der Waals surface area contributed by atoms with Gasteiger partial charge in [0.05, 0.1) is 0 Å². The molecule has 7 rings (SSSR count). The van der Waals surface area contributed by atoms with E-state index in [0.717, 1.165) is 12.8 Å². The number of hydrogen-bond donors (Lipinski definition) is 0. The number of hydrogen-bond acceptors (Lipinski definition) is 0. The molecular formula is C30H22. The lowest BCUT2D eigenvalue weighted by molar-refractivity contribution is 0.775. The highest BCUT2D eigenvalue weighted by Gasteiger charge is 2.38. The van der Waals surface area contributed by atoms with Crippen LogP contribution in [-0.4, -0.2) is 0 Å². The van der Waals surface area contributed by atoms with Gasteiger partial charge in [0, 0.05) is 11.8 Å². The van der Waals surface area contributed by atoms with Gasteiger partial charge in [-0.25, -0.2) is 0 Å². The van der Waals surface area contributed by atoms with E-state index in [9.17, 15) is 0 Å². The fourth-order valence-corrected chi connectivity index (χ4v) is 6.03. The third kappa shape index (κ3) is 2.11. The minimum Gasteiger partial charge on any atom is -0.0836 e. The van der Waals surface area contributed by atoms with E-state index >= 15 is 0 Å². The fourth-order valence-electron chi connectivity index (χ4n) is 6.03. The Bertz CT molecular complexity index is 1370. The average Bonchev–Trinajstić information content (AvgIpc) is 3.03. The predicted octanol–water partition coefficient (Wildman–Crippen LogP) is 7.51. The lowest BCUT2D eigenvalue weighted by atomic mass is 9.83. The van der Waals surface area contributed by atoms with Crippen LogP contribution in [-0.2, 0) is 0 Å². The highest BCUT2D eigenvalue weighted by molar-refractivity contribution is 6.10. The zero-order valence-electron chi connectivity index (χ0n) is 16.8. The number of benzene rings is 2. The van der Waals surface area contributed by atoms with Crippen molar-refractivity contribution < 1.29 is 0 Å². The van der Waals surface area contributed by atoms with Gasteiger partial charge >= 0.3 is 0 Å². The second-order valence-corrected chi connectivity index (χ2v) is 8.80. The summed E-state index contributed by atoms with van der Waals surface area (Å²) in [6.45, 7) is 0. The van der Waals surface area contributed by atoms with Crippen LogP contribution in [0.2, 0.25) is 0 Å². The van der Waals surface area contributed by atoms with E-state index in [1.807, 2.05) is 0 Å². The van der Waals surface area contributed by atoms with Gasteiger partial charge in [-0.1, -0.05) is 103 Å². The molecule has 0 heterocycles. The van der Waals surface area contributed by atoms with Crippen LogP contribution in [0.15, 0.2) is 119 Å². The molecule has 142 valence electrons. The Morgan fingerprint density at radius 2 is 1.60 bits per heavy atom. The molecular weight excluding hydrogens is 360 g/mol. The highest BCUT2D eigenvalue weighted by atomic mass is 14.4. The molecule has 0 saturated heterocycles. The van der Waals surface area contributed by atoms with Gasteiger partial charge in [0.1, 0.15) is 0 Å². The molecule has 30 heavy (non-hydrogen) atoms. The molecule has 0 heteroatoms. The lowest BCUT2D eigenvalue weighted by Gasteiger charge is -2.20. The maximum absolute atomic E-state index is 2.52. The van der Waals surface area contributed by atoms with Crippen LogP contribution in [0.5, 0.6) is 0 Å². The smallest absolute Gasteiger partial charge is 0.0250 e. The molecule has 0 bridgehead atoms. The van der Waals surface area contributed by atoms with Gasteiger partial charge in [-0.05, 0) is 62.6 Å². The van der Waals surface area contributed by atoms with Crippen LogP contribution in [0, 0.1) is 11.8 Å². The van der Waals surface area contributed by atoms with E-state index < -0.39 is 0 Å². The van der Waals surface area contributed by atoms with Crippen LogP contribution < -0.4 is 0 Å². The Kier molecular flexibility index (Phi) is 3.32. The number of allylic oxidation sites excluding steroid dienone is 16. The summed E-state index contributed by atoms with van der Waals surface area (Å²) < 4.78 is 0. The molecule has 5 aliphatic rings. The molecule has 2 aromatic carbocycles. The van der Waals surface area contributed by atoms with Crippen LogP contribution in [0.25, 0.3) is 21.9 Å². The summed E-state index contributed by atoms with van der Waals surface area (Å²) in [5.41, 5.74) is 11.8. The van der Waals surface area contributed by atoms with Gasteiger partial charge in [0.25, 0.3) is 0 Å². The van der Waals surface area contributed by atoms with Gasteiger partial charge in [-0.3, -0.25) is 0 Å². The largest absolute Gasteiger partial charge is 0.0836 e. The topological polar surface area (TPSA) is 0 Å². The van der Waals surface area contributed by atoms with E-state index in [4.69, 9.17) is 0 Å². The zero-order valence-corrected chi connectivity index (χ0v) is 16.8. The Morgan fingerprint density at radius 3 is 2.53 bits per heavy atom. The number of rotatable bonds is 0. The molecule has 2 aromatic rings. The highest BCUT2D eigenvalue weighted by Crippen LogP contribution is 2.55. The van der Waals surface area contributed by atoms with Crippen LogP contribution in [0.1, 0.15) is 24.0 Å². The predicted molar refractivity (Wildman–Crippen MR) is 127 cm³/mol. The molecule has 0 N–H and O–H groups in total. The molecule has 0 aromatic heterocycles. The molecule has 2 atom stereocenters. The van der Waals surface area contributed by atoms with Crippen molar-refractivity contribution in [1.82, 2.24) is 0 Å². The van der Waals surface area contributed by atoms with E-state index in [-0.39, 0.29) is 0 Å². The van der Waals surface area contributed by atoms with Gasteiger partial charge in [0.2, 0.25) is 0 Å². The lowest BCUT2D eigenvalue weighted by Crippen LogP contribution is -2.05. The minimum absolute atomic E-state index is 0.376. The Hall–Kier alpha value is -3.38. The Labute approximate surface area is 177 Å². The number of fused-ring (bicyclic) bond motifs is 7. The molecule has 0 nitrogen and oxygen atoms in total. The first-order valence-electron chi connectivity index (χ1n) is 11.0. The second-order valence-electron chi connectivity index (χ2n) is 8.80. The average molecular weight is 383 g/mol.